The fourth-order valence-corrected chi connectivity index (χ4v) is 3.12. The third-order valence-electron chi connectivity index (χ3n) is 3.84. The van der Waals surface area contributed by atoms with Gasteiger partial charge in [0.2, 0.25) is 5.91 Å². The maximum absolute atomic E-state index is 12.3. The minimum absolute atomic E-state index is 0.230. The molecule has 21 heavy (non-hydrogen) atoms. The molecule has 0 heterocycles. The van der Waals surface area contributed by atoms with Crippen LogP contribution in [0.2, 0.25) is 0 Å². The van der Waals surface area contributed by atoms with Crippen LogP contribution < -0.4 is 10.1 Å². The first-order valence-electron chi connectivity index (χ1n) is 6.90. The predicted molar refractivity (Wildman–Crippen MR) is 82.4 cm³/mol. The molecule has 2 atom stereocenters. The van der Waals surface area contributed by atoms with E-state index in [2.05, 4.69) is 21.2 Å². The van der Waals surface area contributed by atoms with Crippen LogP contribution in [0.4, 0.5) is 5.69 Å². The van der Waals surface area contributed by atoms with Gasteiger partial charge in [0.15, 0.2) is 0 Å². The van der Waals surface area contributed by atoms with Crippen LogP contribution in [0.3, 0.4) is 0 Å². The summed E-state index contributed by atoms with van der Waals surface area (Å²) in [5, 5.41) is 12.0. The number of nitrogens with one attached hydrogen (secondary N) is 1. The summed E-state index contributed by atoms with van der Waals surface area (Å²) in [5.41, 5.74) is 0.606. The lowest BCUT2D eigenvalue weighted by atomic mass is 9.78. The van der Waals surface area contributed by atoms with Gasteiger partial charge >= 0.3 is 5.97 Å². The Morgan fingerprint density at radius 1 is 1.29 bits per heavy atom. The van der Waals surface area contributed by atoms with Crippen LogP contribution in [-0.2, 0) is 9.59 Å². The predicted octanol–water partition coefficient (Wildman–Crippen LogP) is 3.29. The second-order valence-electron chi connectivity index (χ2n) is 5.17. The summed E-state index contributed by atoms with van der Waals surface area (Å²) in [6, 6.07) is 5.24. The van der Waals surface area contributed by atoms with Gasteiger partial charge in [0, 0.05) is 11.8 Å². The first kappa shape index (κ1) is 15.8. The van der Waals surface area contributed by atoms with Gasteiger partial charge in [0.05, 0.1) is 23.4 Å². The molecule has 1 aromatic rings. The summed E-state index contributed by atoms with van der Waals surface area (Å²) < 4.78 is 5.98. The topological polar surface area (TPSA) is 75.6 Å². The molecule has 2 unspecified atom stereocenters. The summed E-state index contributed by atoms with van der Waals surface area (Å²) in [6.45, 7) is 0. The Morgan fingerprint density at radius 3 is 2.57 bits per heavy atom. The molecule has 2 N–H and O–H groups in total. The molecule has 0 aromatic heterocycles. The van der Waals surface area contributed by atoms with Crippen LogP contribution >= 0.6 is 15.9 Å². The van der Waals surface area contributed by atoms with E-state index in [0.717, 1.165) is 17.3 Å². The molecule has 0 bridgehead atoms. The number of ether oxygens (including phenoxy) is 1. The largest absolute Gasteiger partial charge is 0.495 e. The Bertz CT molecular complexity index is 546. The van der Waals surface area contributed by atoms with Crippen molar-refractivity contribution >= 4 is 33.5 Å². The molecule has 2 rings (SSSR count). The summed E-state index contributed by atoms with van der Waals surface area (Å²) in [5.74, 6) is -1.55. The Labute approximate surface area is 131 Å². The molecule has 1 aliphatic carbocycles. The van der Waals surface area contributed by atoms with Gasteiger partial charge < -0.3 is 15.2 Å². The molecular formula is C15H18BrNO4. The molecule has 1 fully saturated rings. The van der Waals surface area contributed by atoms with Gasteiger partial charge in [-0.05, 0) is 40.9 Å². The molecule has 1 aliphatic rings. The van der Waals surface area contributed by atoms with Gasteiger partial charge in [-0.3, -0.25) is 9.59 Å². The number of halogens is 1. The smallest absolute Gasteiger partial charge is 0.307 e. The van der Waals surface area contributed by atoms with Gasteiger partial charge in [-0.25, -0.2) is 0 Å². The summed E-state index contributed by atoms with van der Waals surface area (Å²) in [6.07, 6.45) is 2.95. The van der Waals surface area contributed by atoms with E-state index in [1.54, 1.807) is 25.3 Å². The van der Waals surface area contributed by atoms with Crippen molar-refractivity contribution in [1.82, 2.24) is 0 Å². The first-order chi connectivity index (χ1) is 10.0. The number of anilines is 1. The fourth-order valence-electron chi connectivity index (χ4n) is 2.71. The van der Waals surface area contributed by atoms with Gasteiger partial charge in [0.1, 0.15) is 5.75 Å². The molecule has 1 aromatic carbocycles. The molecule has 0 spiro atoms. The highest BCUT2D eigenvalue weighted by Gasteiger charge is 2.35. The molecule has 1 amide bonds. The quantitative estimate of drug-likeness (QED) is 0.868. The second kappa shape index (κ2) is 6.93. The number of carbonyl (C=O) groups is 2. The lowest BCUT2D eigenvalue weighted by molar-refractivity contribution is -0.147. The maximum atomic E-state index is 12.3. The molecule has 0 radical (unpaired) electrons. The van der Waals surface area contributed by atoms with Gasteiger partial charge in [-0.1, -0.05) is 12.8 Å². The number of carboxylic acids is 1. The highest BCUT2D eigenvalue weighted by Crippen LogP contribution is 2.32. The van der Waals surface area contributed by atoms with Crippen molar-refractivity contribution in [3.63, 3.8) is 0 Å². The number of rotatable bonds is 4. The van der Waals surface area contributed by atoms with Crippen LogP contribution in [0, 0.1) is 11.8 Å². The van der Waals surface area contributed by atoms with Gasteiger partial charge in [-0.2, -0.15) is 0 Å². The average molecular weight is 356 g/mol. The Balaban J connectivity index is 2.11. The van der Waals surface area contributed by atoms with E-state index in [1.165, 1.54) is 0 Å². The molecule has 114 valence electrons. The molecule has 5 nitrogen and oxygen atoms in total. The number of amides is 1. The number of methoxy groups -OCH3 is 1. The van der Waals surface area contributed by atoms with E-state index in [0.29, 0.717) is 24.3 Å². The minimum Gasteiger partial charge on any atom is -0.495 e. The highest BCUT2D eigenvalue weighted by molar-refractivity contribution is 9.10. The van der Waals surface area contributed by atoms with Crippen molar-refractivity contribution in [3.8, 4) is 5.75 Å². The van der Waals surface area contributed by atoms with Crippen LogP contribution in [0.1, 0.15) is 25.7 Å². The third-order valence-corrected chi connectivity index (χ3v) is 4.49. The third kappa shape index (κ3) is 3.75. The van der Waals surface area contributed by atoms with Crippen LogP contribution in [-0.4, -0.2) is 24.1 Å². The standard InChI is InChI=1S/C15H18BrNO4/c1-21-13-8-9(6-7-12(13)16)17-14(18)10-4-2-3-5-11(10)15(19)20/h6-8,10-11H,2-5H2,1H3,(H,17,18)(H,19,20). The molecular weight excluding hydrogens is 338 g/mol. The highest BCUT2D eigenvalue weighted by atomic mass is 79.9. The lowest BCUT2D eigenvalue weighted by Crippen LogP contribution is -2.36. The van der Waals surface area contributed by atoms with E-state index in [1.807, 2.05) is 0 Å². The van der Waals surface area contributed by atoms with Crippen molar-refractivity contribution in [2.24, 2.45) is 11.8 Å². The van der Waals surface area contributed by atoms with Gasteiger partial charge in [-0.15, -0.1) is 0 Å². The minimum atomic E-state index is -0.886. The molecule has 1 saturated carbocycles. The van der Waals surface area contributed by atoms with Crippen molar-refractivity contribution in [3.05, 3.63) is 22.7 Å². The number of hydrogen-bond donors (Lipinski definition) is 2. The SMILES string of the molecule is COc1cc(NC(=O)C2CCCCC2C(=O)O)ccc1Br. The summed E-state index contributed by atoms with van der Waals surface area (Å²) >= 11 is 3.35. The number of carbonyl (C=O) groups excluding carboxylic acids is 1. The van der Waals surface area contributed by atoms with Crippen LogP contribution in [0.5, 0.6) is 5.75 Å². The van der Waals surface area contributed by atoms with Crippen LogP contribution in [0.25, 0.3) is 0 Å². The zero-order valence-corrected chi connectivity index (χ0v) is 13.4. The molecule has 6 heteroatoms. The van der Waals surface area contributed by atoms with E-state index < -0.39 is 17.8 Å². The van der Waals surface area contributed by atoms with E-state index in [-0.39, 0.29) is 5.91 Å². The Morgan fingerprint density at radius 2 is 1.95 bits per heavy atom. The van der Waals surface area contributed by atoms with Crippen molar-refractivity contribution in [2.45, 2.75) is 25.7 Å². The monoisotopic (exact) mass is 355 g/mol. The lowest BCUT2D eigenvalue weighted by Gasteiger charge is -2.27. The normalized spacial score (nSPS) is 21.6. The Hall–Kier alpha value is -1.56. The summed E-state index contributed by atoms with van der Waals surface area (Å²) in [4.78, 5) is 23.6. The van der Waals surface area contributed by atoms with Crippen molar-refractivity contribution < 1.29 is 19.4 Å². The number of hydrogen-bond acceptors (Lipinski definition) is 3. The van der Waals surface area contributed by atoms with E-state index >= 15 is 0 Å². The van der Waals surface area contributed by atoms with E-state index in [4.69, 9.17) is 4.74 Å². The second-order valence-corrected chi connectivity index (χ2v) is 6.03. The van der Waals surface area contributed by atoms with E-state index in [9.17, 15) is 14.7 Å². The van der Waals surface area contributed by atoms with Crippen molar-refractivity contribution in [2.75, 3.05) is 12.4 Å². The molecule has 0 aliphatic heterocycles. The number of carboxylic acid groups (broad SMARTS) is 1. The number of aliphatic carboxylic acids is 1. The first-order valence-corrected chi connectivity index (χ1v) is 7.69. The summed E-state index contributed by atoms with van der Waals surface area (Å²) in [7, 11) is 1.55. The fraction of sp³-hybridized carbons (Fsp3) is 0.467. The zero-order chi connectivity index (χ0) is 15.4. The Kier molecular flexibility index (Phi) is 5.22. The maximum Gasteiger partial charge on any atom is 0.307 e. The molecule has 0 saturated heterocycles. The van der Waals surface area contributed by atoms with Crippen LogP contribution in [0.15, 0.2) is 22.7 Å². The average Bonchev–Trinajstić information content (AvgIpc) is 2.49. The number of benzene rings is 1. The zero-order valence-electron chi connectivity index (χ0n) is 11.8. The van der Waals surface area contributed by atoms with Crippen molar-refractivity contribution in [1.29, 1.82) is 0 Å². The van der Waals surface area contributed by atoms with Gasteiger partial charge in [0.25, 0.3) is 0 Å².